The van der Waals surface area contributed by atoms with Crippen LogP contribution in [-0.2, 0) is 11.2 Å². The van der Waals surface area contributed by atoms with Crippen LogP contribution in [0.4, 0.5) is 10.6 Å². The molecule has 0 aliphatic carbocycles. The van der Waals surface area contributed by atoms with Crippen molar-refractivity contribution in [2.45, 2.75) is 38.9 Å². The van der Waals surface area contributed by atoms with E-state index in [1.54, 1.807) is 33.0 Å². The zero-order valence-electron chi connectivity index (χ0n) is 12.9. The Bertz CT molecular complexity index is 621. The standard InChI is InChI=1S/C16H20N2O3S/c1-16(2,3)21-15(20)18-14-11(6-4-8-17-14)10-12(19)13-7-5-9-22-13/h4-9,12,19H,10H2,1-3H3,(H,17,18,20). The first-order valence-corrected chi connectivity index (χ1v) is 7.88. The van der Waals surface area contributed by atoms with E-state index in [2.05, 4.69) is 10.3 Å². The van der Waals surface area contributed by atoms with E-state index in [4.69, 9.17) is 4.74 Å². The topological polar surface area (TPSA) is 71.5 Å². The zero-order valence-corrected chi connectivity index (χ0v) is 13.7. The molecular formula is C16H20N2O3S. The van der Waals surface area contributed by atoms with Crippen LogP contribution in [0.1, 0.15) is 37.3 Å². The predicted molar refractivity (Wildman–Crippen MR) is 87.1 cm³/mol. The Morgan fingerprint density at radius 1 is 1.41 bits per heavy atom. The molecule has 118 valence electrons. The van der Waals surface area contributed by atoms with Crippen LogP contribution in [0.2, 0.25) is 0 Å². The summed E-state index contributed by atoms with van der Waals surface area (Å²) in [5.74, 6) is 0.410. The number of aliphatic hydroxyl groups excluding tert-OH is 1. The Morgan fingerprint density at radius 3 is 2.82 bits per heavy atom. The normalized spacial score (nSPS) is 12.7. The van der Waals surface area contributed by atoms with Gasteiger partial charge in [-0.25, -0.2) is 9.78 Å². The van der Waals surface area contributed by atoms with Gasteiger partial charge in [0.1, 0.15) is 11.4 Å². The third kappa shape index (κ3) is 4.82. The first-order chi connectivity index (χ1) is 10.3. The fourth-order valence-electron chi connectivity index (χ4n) is 1.91. The SMILES string of the molecule is CC(C)(C)OC(=O)Nc1ncccc1CC(O)c1cccs1. The van der Waals surface area contributed by atoms with Gasteiger partial charge in [0, 0.05) is 17.5 Å². The second-order valence-corrected chi connectivity index (χ2v) is 6.85. The highest BCUT2D eigenvalue weighted by Gasteiger charge is 2.19. The van der Waals surface area contributed by atoms with E-state index in [-0.39, 0.29) is 0 Å². The van der Waals surface area contributed by atoms with Crippen LogP contribution in [0.3, 0.4) is 0 Å². The summed E-state index contributed by atoms with van der Waals surface area (Å²) in [6.07, 6.45) is 0.786. The van der Waals surface area contributed by atoms with Crippen LogP contribution < -0.4 is 5.32 Å². The summed E-state index contributed by atoms with van der Waals surface area (Å²) in [5.41, 5.74) is 0.185. The highest BCUT2D eigenvalue weighted by atomic mass is 32.1. The number of nitrogens with one attached hydrogen (secondary N) is 1. The molecule has 1 atom stereocenters. The van der Waals surface area contributed by atoms with Gasteiger partial charge in [0.15, 0.2) is 0 Å². The smallest absolute Gasteiger partial charge is 0.413 e. The molecule has 1 amide bonds. The molecule has 2 aromatic heterocycles. The summed E-state index contributed by atoms with van der Waals surface area (Å²) < 4.78 is 5.22. The van der Waals surface area contributed by atoms with Crippen molar-refractivity contribution in [3.8, 4) is 0 Å². The molecule has 2 heterocycles. The third-order valence-corrected chi connectivity index (χ3v) is 3.77. The highest BCUT2D eigenvalue weighted by Crippen LogP contribution is 2.25. The van der Waals surface area contributed by atoms with E-state index in [0.29, 0.717) is 12.2 Å². The van der Waals surface area contributed by atoms with E-state index >= 15 is 0 Å². The van der Waals surface area contributed by atoms with Crippen LogP contribution in [-0.4, -0.2) is 21.8 Å². The molecule has 0 aliphatic heterocycles. The first-order valence-electron chi connectivity index (χ1n) is 7.00. The minimum absolute atomic E-state index is 0.374. The number of nitrogens with zero attached hydrogens (tertiary/aromatic N) is 1. The molecule has 6 heteroatoms. The molecule has 0 aromatic carbocycles. The molecule has 22 heavy (non-hydrogen) atoms. The number of rotatable bonds is 4. The average molecular weight is 320 g/mol. The van der Waals surface area contributed by atoms with E-state index in [1.807, 2.05) is 23.6 Å². The Kier molecular flexibility index (Phi) is 5.15. The number of hydrogen-bond acceptors (Lipinski definition) is 5. The lowest BCUT2D eigenvalue weighted by Crippen LogP contribution is -2.28. The zero-order chi connectivity index (χ0) is 16.2. The van der Waals surface area contributed by atoms with Gasteiger partial charge in [-0.15, -0.1) is 11.3 Å². The van der Waals surface area contributed by atoms with Crippen molar-refractivity contribution in [2.24, 2.45) is 0 Å². The molecule has 0 aliphatic rings. The number of ether oxygens (including phenoxy) is 1. The van der Waals surface area contributed by atoms with Gasteiger partial charge in [0.2, 0.25) is 0 Å². The van der Waals surface area contributed by atoms with Gasteiger partial charge in [-0.3, -0.25) is 5.32 Å². The fourth-order valence-corrected chi connectivity index (χ4v) is 2.62. The molecule has 0 bridgehead atoms. The molecule has 0 saturated heterocycles. The largest absolute Gasteiger partial charge is 0.444 e. The quantitative estimate of drug-likeness (QED) is 0.899. The maximum Gasteiger partial charge on any atom is 0.413 e. The molecule has 0 fully saturated rings. The predicted octanol–water partition coefficient (Wildman–Crippen LogP) is 3.77. The van der Waals surface area contributed by atoms with Crippen LogP contribution in [0, 0.1) is 0 Å². The Hall–Kier alpha value is -1.92. The molecule has 0 radical (unpaired) electrons. The maximum absolute atomic E-state index is 11.9. The van der Waals surface area contributed by atoms with Crippen molar-refractivity contribution in [1.82, 2.24) is 4.98 Å². The molecule has 2 N–H and O–H groups in total. The Labute approximate surface area is 134 Å². The second-order valence-electron chi connectivity index (χ2n) is 5.87. The summed E-state index contributed by atoms with van der Waals surface area (Å²) in [4.78, 5) is 16.9. The number of carbonyl (C=O) groups excluding carboxylic acids is 1. The summed E-state index contributed by atoms with van der Waals surface area (Å²) in [6, 6.07) is 7.38. The minimum Gasteiger partial charge on any atom is -0.444 e. The van der Waals surface area contributed by atoms with Crippen molar-refractivity contribution in [3.05, 3.63) is 46.3 Å². The van der Waals surface area contributed by atoms with E-state index < -0.39 is 17.8 Å². The lowest BCUT2D eigenvalue weighted by molar-refractivity contribution is 0.0635. The van der Waals surface area contributed by atoms with Gasteiger partial charge < -0.3 is 9.84 Å². The average Bonchev–Trinajstić information content (AvgIpc) is 2.92. The summed E-state index contributed by atoms with van der Waals surface area (Å²) in [5, 5.41) is 14.8. The van der Waals surface area contributed by atoms with Crippen molar-refractivity contribution in [3.63, 3.8) is 0 Å². The number of aromatic nitrogens is 1. The lowest BCUT2D eigenvalue weighted by Gasteiger charge is -2.20. The van der Waals surface area contributed by atoms with Crippen LogP contribution in [0.15, 0.2) is 35.8 Å². The number of anilines is 1. The van der Waals surface area contributed by atoms with Gasteiger partial charge in [0.05, 0.1) is 6.10 Å². The molecule has 0 spiro atoms. The highest BCUT2D eigenvalue weighted by molar-refractivity contribution is 7.10. The molecule has 0 saturated carbocycles. The van der Waals surface area contributed by atoms with Gasteiger partial charge >= 0.3 is 6.09 Å². The summed E-state index contributed by atoms with van der Waals surface area (Å²) in [7, 11) is 0. The van der Waals surface area contributed by atoms with Crippen LogP contribution >= 0.6 is 11.3 Å². The van der Waals surface area contributed by atoms with E-state index in [0.717, 1.165) is 10.4 Å². The maximum atomic E-state index is 11.9. The number of hydrogen-bond donors (Lipinski definition) is 2. The van der Waals surface area contributed by atoms with Crippen molar-refractivity contribution >= 4 is 23.2 Å². The molecular weight excluding hydrogens is 300 g/mol. The van der Waals surface area contributed by atoms with Crippen LogP contribution in [0.5, 0.6) is 0 Å². The molecule has 5 nitrogen and oxygen atoms in total. The fraction of sp³-hybridized carbons (Fsp3) is 0.375. The van der Waals surface area contributed by atoms with Gasteiger partial charge in [-0.05, 0) is 43.8 Å². The molecule has 1 unspecified atom stereocenters. The number of pyridine rings is 1. The summed E-state index contributed by atoms with van der Waals surface area (Å²) in [6.45, 7) is 5.39. The van der Waals surface area contributed by atoms with E-state index in [1.165, 1.54) is 11.3 Å². The summed E-state index contributed by atoms with van der Waals surface area (Å²) >= 11 is 1.50. The lowest BCUT2D eigenvalue weighted by atomic mass is 10.1. The van der Waals surface area contributed by atoms with Crippen LogP contribution in [0.25, 0.3) is 0 Å². The number of aliphatic hydroxyl groups is 1. The van der Waals surface area contributed by atoms with Gasteiger partial charge in [-0.2, -0.15) is 0 Å². The van der Waals surface area contributed by atoms with Crippen molar-refractivity contribution < 1.29 is 14.6 Å². The molecule has 2 rings (SSSR count). The Balaban J connectivity index is 2.08. The van der Waals surface area contributed by atoms with Gasteiger partial charge in [-0.1, -0.05) is 12.1 Å². The monoisotopic (exact) mass is 320 g/mol. The van der Waals surface area contributed by atoms with E-state index in [9.17, 15) is 9.90 Å². The second kappa shape index (κ2) is 6.89. The number of carbonyl (C=O) groups is 1. The minimum atomic E-state index is -0.622. The third-order valence-electron chi connectivity index (χ3n) is 2.80. The van der Waals surface area contributed by atoms with Crippen molar-refractivity contribution in [2.75, 3.05) is 5.32 Å². The number of amides is 1. The first kappa shape index (κ1) is 16.5. The van der Waals surface area contributed by atoms with Crippen molar-refractivity contribution in [1.29, 1.82) is 0 Å². The Morgan fingerprint density at radius 2 is 2.18 bits per heavy atom. The molecule has 2 aromatic rings. The van der Waals surface area contributed by atoms with Gasteiger partial charge in [0.25, 0.3) is 0 Å². The number of thiophene rings is 1.